The molecule has 0 aliphatic rings. The van der Waals surface area contributed by atoms with Crippen molar-refractivity contribution in [1.82, 2.24) is 60.6 Å². The van der Waals surface area contributed by atoms with E-state index >= 15 is 0 Å². The zero-order chi connectivity index (χ0) is 26.0. The normalized spacial score (nSPS) is 11.1. The molecule has 0 fully saturated rings. The molecule has 7 rings (SSSR count). The Hall–Kier alpha value is -5.91. The molecule has 3 heterocycles. The molecule has 0 atom stereocenters. The molecular formula is C27H18N12. The van der Waals surface area contributed by atoms with Crippen LogP contribution >= 0.6 is 0 Å². The van der Waals surface area contributed by atoms with Crippen LogP contribution in [0.1, 0.15) is 0 Å². The molecule has 4 aromatic carbocycles. The Kier molecular flexibility index (Phi) is 5.44. The van der Waals surface area contributed by atoms with Crippen LogP contribution in [-0.2, 0) is 0 Å². The summed E-state index contributed by atoms with van der Waals surface area (Å²) in [6.45, 7) is 0. The van der Waals surface area contributed by atoms with E-state index in [2.05, 4.69) is 46.6 Å². The number of hydrogen-bond acceptors (Lipinski definition) is 9. The monoisotopic (exact) mass is 510 g/mol. The molecule has 12 nitrogen and oxygen atoms in total. The van der Waals surface area contributed by atoms with Crippen LogP contribution < -0.4 is 0 Å². The van der Waals surface area contributed by atoms with Gasteiger partial charge in [0, 0.05) is 16.7 Å². The molecule has 186 valence electrons. The summed E-state index contributed by atoms with van der Waals surface area (Å²) < 4.78 is 5.05. The third-order valence-electron chi connectivity index (χ3n) is 6.12. The lowest BCUT2D eigenvalue weighted by Crippen LogP contribution is -2.03. The van der Waals surface area contributed by atoms with Gasteiger partial charge in [-0.2, -0.15) is 14.0 Å². The second-order valence-electron chi connectivity index (χ2n) is 8.55. The number of hydrogen-bond donors (Lipinski definition) is 0. The van der Waals surface area contributed by atoms with Crippen molar-refractivity contribution in [3.8, 4) is 51.2 Å². The molecule has 39 heavy (non-hydrogen) atoms. The highest BCUT2D eigenvalue weighted by molar-refractivity contribution is 5.76. The quantitative estimate of drug-likeness (QED) is 0.329. The van der Waals surface area contributed by atoms with Crippen molar-refractivity contribution in [2.45, 2.75) is 0 Å². The molecule has 12 heteroatoms. The van der Waals surface area contributed by atoms with Crippen molar-refractivity contribution in [2.75, 3.05) is 0 Å². The summed E-state index contributed by atoms with van der Waals surface area (Å²) in [5, 5.41) is 37.7. The van der Waals surface area contributed by atoms with Crippen LogP contribution in [0.5, 0.6) is 0 Å². The Morgan fingerprint density at radius 2 is 0.641 bits per heavy atom. The summed E-state index contributed by atoms with van der Waals surface area (Å²) in [4.78, 5) is 0. The highest BCUT2D eigenvalue weighted by Gasteiger charge is 2.20. The Labute approximate surface area is 221 Å². The van der Waals surface area contributed by atoms with Gasteiger partial charge in [-0.15, -0.1) is 15.3 Å². The maximum Gasteiger partial charge on any atom is 0.187 e. The van der Waals surface area contributed by atoms with Gasteiger partial charge >= 0.3 is 0 Å². The van der Waals surface area contributed by atoms with Crippen molar-refractivity contribution >= 4 is 0 Å². The maximum absolute atomic E-state index is 4.35. The fraction of sp³-hybridized carbons (Fsp3) is 0. The van der Waals surface area contributed by atoms with Gasteiger partial charge in [-0.05, 0) is 85.9 Å². The van der Waals surface area contributed by atoms with Gasteiger partial charge in [0.25, 0.3) is 0 Å². The molecule has 7 aromatic rings. The molecule has 0 aliphatic heterocycles. The summed E-state index contributed by atoms with van der Waals surface area (Å²) >= 11 is 0. The number of nitrogens with zero attached hydrogens (tertiary/aromatic N) is 12. The zero-order valence-corrected chi connectivity index (χ0v) is 20.3. The number of tetrazole rings is 3. The van der Waals surface area contributed by atoms with E-state index < -0.39 is 0 Å². The summed E-state index contributed by atoms with van der Waals surface area (Å²) in [6.07, 6.45) is 0. The molecule has 0 spiro atoms. The van der Waals surface area contributed by atoms with Gasteiger partial charge in [-0.3, -0.25) is 0 Å². The largest absolute Gasteiger partial charge is 0.193 e. The van der Waals surface area contributed by atoms with Crippen LogP contribution in [0.2, 0.25) is 0 Å². The lowest BCUT2D eigenvalue weighted by Gasteiger charge is -2.11. The van der Waals surface area contributed by atoms with E-state index in [0.717, 1.165) is 33.8 Å². The van der Waals surface area contributed by atoms with Crippen LogP contribution in [0.4, 0.5) is 0 Å². The summed E-state index contributed by atoms with van der Waals surface area (Å²) in [6, 6.07) is 35.0. The molecule has 3 aromatic heterocycles. The molecule has 0 saturated heterocycles. The van der Waals surface area contributed by atoms with Crippen molar-refractivity contribution in [3.63, 3.8) is 0 Å². The number of para-hydroxylation sites is 3. The highest BCUT2D eigenvalue weighted by Crippen LogP contribution is 2.32. The maximum atomic E-state index is 4.35. The first-order chi connectivity index (χ1) is 19.3. The average Bonchev–Trinajstić information content (AvgIpc) is 3.79. The van der Waals surface area contributed by atoms with Crippen LogP contribution in [-0.4, -0.2) is 60.6 Å². The highest BCUT2D eigenvalue weighted by atomic mass is 15.6. The summed E-state index contributed by atoms with van der Waals surface area (Å²) in [5.74, 6) is 1.63. The number of aromatic nitrogens is 12. The second-order valence-corrected chi connectivity index (χ2v) is 8.55. The summed E-state index contributed by atoms with van der Waals surface area (Å²) in [7, 11) is 0. The molecule has 0 N–H and O–H groups in total. The first-order valence-corrected chi connectivity index (χ1v) is 12.0. The van der Waals surface area contributed by atoms with Crippen LogP contribution in [0, 0.1) is 0 Å². The average molecular weight is 511 g/mol. The van der Waals surface area contributed by atoms with E-state index in [1.54, 1.807) is 14.0 Å². The zero-order valence-electron chi connectivity index (χ0n) is 20.3. The predicted molar refractivity (Wildman–Crippen MR) is 141 cm³/mol. The van der Waals surface area contributed by atoms with Gasteiger partial charge in [-0.1, -0.05) is 54.6 Å². The van der Waals surface area contributed by atoms with E-state index in [9.17, 15) is 0 Å². The van der Waals surface area contributed by atoms with Crippen LogP contribution in [0.15, 0.2) is 109 Å². The lowest BCUT2D eigenvalue weighted by atomic mass is 10.0. The van der Waals surface area contributed by atoms with Gasteiger partial charge in [0.05, 0.1) is 17.1 Å². The summed E-state index contributed by atoms with van der Waals surface area (Å²) in [5.41, 5.74) is 4.69. The van der Waals surface area contributed by atoms with Gasteiger partial charge in [0.1, 0.15) is 0 Å². The molecule has 0 aliphatic carbocycles. The first-order valence-electron chi connectivity index (χ1n) is 12.0. The molecular weight excluding hydrogens is 492 g/mol. The number of rotatable bonds is 6. The Morgan fingerprint density at radius 1 is 0.359 bits per heavy atom. The molecule has 0 radical (unpaired) electrons. The van der Waals surface area contributed by atoms with E-state index in [1.165, 1.54) is 0 Å². The van der Waals surface area contributed by atoms with Crippen molar-refractivity contribution in [2.24, 2.45) is 0 Å². The second kappa shape index (κ2) is 9.52. The minimum Gasteiger partial charge on any atom is -0.193 e. The lowest BCUT2D eigenvalue weighted by molar-refractivity contribution is 0.790. The number of benzene rings is 4. The molecule has 0 bridgehead atoms. The molecule has 0 saturated carbocycles. The van der Waals surface area contributed by atoms with E-state index in [4.69, 9.17) is 0 Å². The Balaban J connectivity index is 1.44. The third-order valence-corrected chi connectivity index (χ3v) is 6.12. The van der Waals surface area contributed by atoms with Crippen LogP contribution in [0.25, 0.3) is 51.2 Å². The van der Waals surface area contributed by atoms with Crippen LogP contribution in [0.3, 0.4) is 0 Å². The first kappa shape index (κ1) is 22.3. The van der Waals surface area contributed by atoms with Gasteiger partial charge < -0.3 is 0 Å². The smallest absolute Gasteiger partial charge is 0.187 e. The Morgan fingerprint density at radius 3 is 0.923 bits per heavy atom. The van der Waals surface area contributed by atoms with Gasteiger partial charge in [0.15, 0.2) is 17.5 Å². The van der Waals surface area contributed by atoms with E-state index in [-0.39, 0.29) is 0 Å². The van der Waals surface area contributed by atoms with Gasteiger partial charge in [-0.25, -0.2) is 0 Å². The Bertz CT molecular complexity index is 1630. The van der Waals surface area contributed by atoms with E-state index in [0.29, 0.717) is 17.5 Å². The van der Waals surface area contributed by atoms with Crippen molar-refractivity contribution < 1.29 is 0 Å². The van der Waals surface area contributed by atoms with Crippen molar-refractivity contribution in [3.05, 3.63) is 109 Å². The molecule has 0 amide bonds. The SMILES string of the molecule is c1ccc(-n2nnnc2-c2cc(-c3nnnn3-c3ccccc3)cc(-c3nnnn3-c3ccccc3)c2)cc1. The molecule has 0 unspecified atom stereocenters. The predicted octanol–water partition coefficient (Wildman–Crippen LogP) is 3.61. The van der Waals surface area contributed by atoms with Crippen molar-refractivity contribution in [1.29, 1.82) is 0 Å². The minimum absolute atomic E-state index is 0.543. The fourth-order valence-electron chi connectivity index (χ4n) is 4.35. The topological polar surface area (TPSA) is 131 Å². The third kappa shape index (κ3) is 4.11. The fourth-order valence-corrected chi connectivity index (χ4v) is 4.35. The van der Waals surface area contributed by atoms with E-state index in [1.807, 2.05) is 109 Å². The van der Waals surface area contributed by atoms with Gasteiger partial charge in [0.2, 0.25) is 0 Å². The standard InChI is InChI=1S/C27H18N12/c1-4-10-22(11-5-1)37-25(28-31-34-37)19-16-20(26-29-32-35-38(26)23-12-6-2-7-13-23)18-21(17-19)27-30-33-36-39(27)24-14-8-3-9-15-24/h1-18H. The minimum atomic E-state index is 0.543.